The summed E-state index contributed by atoms with van der Waals surface area (Å²) in [5.41, 5.74) is 0. The van der Waals surface area contributed by atoms with Gasteiger partial charge in [-0.2, -0.15) is 0 Å². The molecule has 0 aliphatic carbocycles. The molecule has 1 aliphatic rings. The van der Waals surface area contributed by atoms with E-state index in [9.17, 15) is 0 Å². The molecular weight excluding hydrogens is 180 g/mol. The van der Waals surface area contributed by atoms with Crippen LogP contribution < -0.4 is 9.47 Å². The third-order valence-corrected chi connectivity index (χ3v) is 2.20. The predicted molar refractivity (Wildman–Crippen MR) is 52.8 cm³/mol. The average molecular weight is 194 g/mol. The monoisotopic (exact) mass is 194 g/mol. The number of methoxy groups -OCH3 is 1. The summed E-state index contributed by atoms with van der Waals surface area (Å²) in [5, 5.41) is 0. The molecule has 0 radical (unpaired) electrons. The number of benzene rings is 1. The van der Waals surface area contributed by atoms with Gasteiger partial charge in [0.05, 0.1) is 25.7 Å². The van der Waals surface area contributed by atoms with Crippen molar-refractivity contribution >= 4 is 0 Å². The highest BCUT2D eigenvalue weighted by atomic mass is 16.5. The quantitative estimate of drug-likeness (QED) is 0.717. The summed E-state index contributed by atoms with van der Waals surface area (Å²) in [7, 11) is 1.69. The highest BCUT2D eigenvalue weighted by molar-refractivity contribution is 5.39. The molecule has 0 amide bonds. The van der Waals surface area contributed by atoms with Gasteiger partial charge in [0, 0.05) is 7.11 Å². The summed E-state index contributed by atoms with van der Waals surface area (Å²) in [6.45, 7) is 1.99. The lowest BCUT2D eigenvalue weighted by Crippen LogP contribution is -2.21. The molecule has 1 heterocycles. The van der Waals surface area contributed by atoms with Crippen LogP contribution in [0, 0.1) is 5.92 Å². The van der Waals surface area contributed by atoms with Crippen LogP contribution in [0.1, 0.15) is 0 Å². The molecule has 0 atom stereocenters. The van der Waals surface area contributed by atoms with Crippen molar-refractivity contribution in [2.24, 2.45) is 5.92 Å². The Bertz CT molecular complexity index is 271. The van der Waals surface area contributed by atoms with Gasteiger partial charge in [-0.25, -0.2) is 0 Å². The van der Waals surface area contributed by atoms with E-state index in [2.05, 4.69) is 0 Å². The second kappa shape index (κ2) is 4.33. The van der Waals surface area contributed by atoms with Gasteiger partial charge in [0.1, 0.15) is 0 Å². The van der Waals surface area contributed by atoms with Crippen molar-refractivity contribution in [3.8, 4) is 11.5 Å². The van der Waals surface area contributed by atoms with Crippen LogP contribution in [0.5, 0.6) is 11.5 Å². The molecule has 0 fully saturated rings. The van der Waals surface area contributed by atoms with E-state index in [0.29, 0.717) is 25.7 Å². The topological polar surface area (TPSA) is 27.7 Å². The lowest BCUT2D eigenvalue weighted by atomic mass is 10.2. The van der Waals surface area contributed by atoms with Crippen molar-refractivity contribution in [1.82, 2.24) is 0 Å². The van der Waals surface area contributed by atoms with Gasteiger partial charge >= 0.3 is 0 Å². The Morgan fingerprint density at radius 3 is 2.29 bits per heavy atom. The summed E-state index contributed by atoms with van der Waals surface area (Å²) >= 11 is 0. The normalized spacial score (nSPS) is 16.4. The van der Waals surface area contributed by atoms with Gasteiger partial charge in [-0.1, -0.05) is 12.1 Å². The standard InChI is InChI=1S/C11H14O3/c1-12-6-9-7-13-10-4-2-3-5-11(10)14-8-9/h2-5,9H,6-8H2,1H3. The van der Waals surface area contributed by atoms with E-state index in [-0.39, 0.29) is 0 Å². The molecule has 1 aromatic rings. The summed E-state index contributed by atoms with van der Waals surface area (Å²) in [4.78, 5) is 0. The van der Waals surface area contributed by atoms with Gasteiger partial charge in [0.25, 0.3) is 0 Å². The minimum Gasteiger partial charge on any atom is -0.489 e. The summed E-state index contributed by atoms with van der Waals surface area (Å²) < 4.78 is 16.3. The van der Waals surface area contributed by atoms with Crippen LogP contribution in [0.2, 0.25) is 0 Å². The average Bonchev–Trinajstić information content (AvgIpc) is 2.42. The molecule has 14 heavy (non-hydrogen) atoms. The van der Waals surface area contributed by atoms with E-state index in [4.69, 9.17) is 14.2 Å². The van der Waals surface area contributed by atoms with Gasteiger partial charge < -0.3 is 14.2 Å². The second-order valence-corrected chi connectivity index (χ2v) is 3.39. The maximum Gasteiger partial charge on any atom is 0.161 e. The minimum atomic E-state index is 0.312. The van der Waals surface area contributed by atoms with Gasteiger partial charge in [-0.15, -0.1) is 0 Å². The largest absolute Gasteiger partial charge is 0.489 e. The summed E-state index contributed by atoms with van der Waals surface area (Å²) in [5.74, 6) is 1.96. The zero-order valence-electron chi connectivity index (χ0n) is 8.23. The van der Waals surface area contributed by atoms with Crippen molar-refractivity contribution in [1.29, 1.82) is 0 Å². The van der Waals surface area contributed by atoms with E-state index in [1.165, 1.54) is 0 Å². The Hall–Kier alpha value is -1.22. The Morgan fingerprint density at radius 1 is 1.21 bits per heavy atom. The molecule has 0 bridgehead atoms. The van der Waals surface area contributed by atoms with E-state index in [0.717, 1.165) is 11.5 Å². The number of fused-ring (bicyclic) bond motifs is 1. The molecule has 3 nitrogen and oxygen atoms in total. The van der Waals surface area contributed by atoms with Crippen molar-refractivity contribution in [2.75, 3.05) is 26.9 Å². The van der Waals surface area contributed by atoms with Crippen molar-refractivity contribution in [3.05, 3.63) is 24.3 Å². The van der Waals surface area contributed by atoms with Gasteiger partial charge in [-0.3, -0.25) is 0 Å². The molecule has 0 unspecified atom stereocenters. The molecule has 0 spiro atoms. The van der Waals surface area contributed by atoms with Gasteiger partial charge in [-0.05, 0) is 12.1 Å². The van der Waals surface area contributed by atoms with Crippen molar-refractivity contribution in [3.63, 3.8) is 0 Å². The van der Waals surface area contributed by atoms with Crippen molar-refractivity contribution in [2.45, 2.75) is 0 Å². The first-order valence-electron chi connectivity index (χ1n) is 4.73. The smallest absolute Gasteiger partial charge is 0.161 e. The number of hydrogen-bond donors (Lipinski definition) is 0. The SMILES string of the molecule is COCC1COc2ccccc2OC1. The lowest BCUT2D eigenvalue weighted by molar-refractivity contribution is 0.0995. The first-order valence-corrected chi connectivity index (χ1v) is 4.73. The van der Waals surface area contributed by atoms with E-state index in [1.54, 1.807) is 7.11 Å². The second-order valence-electron chi connectivity index (χ2n) is 3.39. The fourth-order valence-corrected chi connectivity index (χ4v) is 1.48. The van der Waals surface area contributed by atoms with Crippen LogP contribution in [0.25, 0.3) is 0 Å². The highest BCUT2D eigenvalue weighted by Gasteiger charge is 2.17. The zero-order valence-corrected chi connectivity index (χ0v) is 8.23. The van der Waals surface area contributed by atoms with Crippen molar-refractivity contribution < 1.29 is 14.2 Å². The molecule has 0 saturated heterocycles. The molecule has 0 saturated carbocycles. The van der Waals surface area contributed by atoms with Crippen LogP contribution in [0.4, 0.5) is 0 Å². The Balaban J connectivity index is 2.06. The fourth-order valence-electron chi connectivity index (χ4n) is 1.48. The molecular formula is C11H14O3. The van der Waals surface area contributed by atoms with E-state index in [1.807, 2.05) is 24.3 Å². The highest BCUT2D eigenvalue weighted by Crippen LogP contribution is 2.29. The molecule has 3 heteroatoms. The number of ether oxygens (including phenoxy) is 3. The number of hydrogen-bond acceptors (Lipinski definition) is 3. The van der Waals surface area contributed by atoms with E-state index < -0.39 is 0 Å². The van der Waals surface area contributed by atoms with E-state index >= 15 is 0 Å². The van der Waals surface area contributed by atoms with Crippen LogP contribution in [0.15, 0.2) is 24.3 Å². The third-order valence-electron chi connectivity index (χ3n) is 2.20. The molecule has 1 aromatic carbocycles. The van der Waals surface area contributed by atoms with Gasteiger partial charge in [0.2, 0.25) is 0 Å². The lowest BCUT2D eigenvalue weighted by Gasteiger charge is -2.11. The van der Waals surface area contributed by atoms with Crippen LogP contribution >= 0.6 is 0 Å². The Morgan fingerprint density at radius 2 is 1.79 bits per heavy atom. The first-order chi connectivity index (χ1) is 6.90. The molecule has 1 aliphatic heterocycles. The summed E-state index contributed by atoms with van der Waals surface area (Å²) in [6, 6.07) is 7.73. The minimum absolute atomic E-state index is 0.312. The van der Waals surface area contributed by atoms with Crippen LogP contribution in [0.3, 0.4) is 0 Å². The zero-order chi connectivity index (χ0) is 9.80. The first kappa shape index (κ1) is 9.34. The number of para-hydroxylation sites is 2. The predicted octanol–water partition coefficient (Wildman–Crippen LogP) is 1.72. The third kappa shape index (κ3) is 1.99. The van der Waals surface area contributed by atoms with Gasteiger partial charge in [0.15, 0.2) is 11.5 Å². The fraction of sp³-hybridized carbons (Fsp3) is 0.455. The van der Waals surface area contributed by atoms with Crippen LogP contribution in [-0.2, 0) is 4.74 Å². The Labute approximate surface area is 83.6 Å². The molecule has 2 rings (SSSR count). The Kier molecular flexibility index (Phi) is 2.89. The maximum atomic E-state index is 5.61. The van der Waals surface area contributed by atoms with Crippen LogP contribution in [-0.4, -0.2) is 26.9 Å². The summed E-state index contributed by atoms with van der Waals surface area (Å²) in [6.07, 6.45) is 0. The molecule has 0 aromatic heterocycles. The number of rotatable bonds is 2. The maximum absolute atomic E-state index is 5.61. The molecule has 76 valence electrons. The molecule has 0 N–H and O–H groups in total.